The maximum atomic E-state index is 11.9. The van der Waals surface area contributed by atoms with Crippen LogP contribution in [0.25, 0.3) is 0 Å². The van der Waals surface area contributed by atoms with E-state index < -0.39 is 12.1 Å². The van der Waals surface area contributed by atoms with Crippen molar-refractivity contribution in [1.29, 1.82) is 0 Å². The number of hydrogen-bond acceptors (Lipinski definition) is 6. The summed E-state index contributed by atoms with van der Waals surface area (Å²) in [5.41, 5.74) is 1.09. The molecule has 2 aliphatic rings. The van der Waals surface area contributed by atoms with Crippen molar-refractivity contribution in [2.75, 3.05) is 13.2 Å². The maximum Gasteiger partial charge on any atom is 0.330 e. The van der Waals surface area contributed by atoms with E-state index >= 15 is 0 Å². The van der Waals surface area contributed by atoms with Crippen LogP contribution < -0.4 is 0 Å². The molecule has 0 unspecified atom stereocenters. The Kier molecular flexibility index (Phi) is 6.94. The quantitative estimate of drug-likeness (QED) is 0.291. The first-order chi connectivity index (χ1) is 12.8. The van der Waals surface area contributed by atoms with Gasteiger partial charge in [-0.15, -0.1) is 0 Å². The lowest BCUT2D eigenvalue weighted by Crippen LogP contribution is -2.34. The molecule has 0 radical (unpaired) electrons. The first-order valence-electron chi connectivity index (χ1n) is 8.97. The zero-order valence-corrected chi connectivity index (χ0v) is 14.6. The highest BCUT2D eigenvalue weighted by molar-refractivity contribution is 5.82. The summed E-state index contributed by atoms with van der Waals surface area (Å²) >= 11 is 0. The van der Waals surface area contributed by atoms with Crippen LogP contribution in [0.5, 0.6) is 0 Å². The number of carbonyl (C=O) groups is 2. The van der Waals surface area contributed by atoms with E-state index in [0.29, 0.717) is 32.7 Å². The summed E-state index contributed by atoms with van der Waals surface area (Å²) in [5.74, 6) is -0.414. The molecule has 0 saturated carbocycles. The molecule has 0 N–H and O–H groups in total. The molecule has 6 nitrogen and oxygen atoms in total. The van der Waals surface area contributed by atoms with Gasteiger partial charge in [-0.05, 0) is 18.4 Å². The molecule has 2 aliphatic heterocycles. The molecule has 6 heteroatoms. The molecule has 0 spiro atoms. The van der Waals surface area contributed by atoms with E-state index in [9.17, 15) is 9.59 Å². The Labute approximate surface area is 153 Å². The van der Waals surface area contributed by atoms with Crippen molar-refractivity contribution in [3.63, 3.8) is 0 Å². The number of esters is 1. The predicted molar refractivity (Wildman–Crippen MR) is 93.4 cm³/mol. The first kappa shape index (κ1) is 18.8. The van der Waals surface area contributed by atoms with E-state index in [1.165, 1.54) is 6.08 Å². The van der Waals surface area contributed by atoms with Crippen LogP contribution in [0.4, 0.5) is 0 Å². The van der Waals surface area contributed by atoms with Gasteiger partial charge in [0, 0.05) is 12.5 Å². The van der Waals surface area contributed by atoms with Gasteiger partial charge in [0.1, 0.15) is 24.6 Å². The van der Waals surface area contributed by atoms with Gasteiger partial charge in [-0.2, -0.15) is 0 Å². The van der Waals surface area contributed by atoms with Crippen molar-refractivity contribution in [3.8, 4) is 0 Å². The van der Waals surface area contributed by atoms with Crippen molar-refractivity contribution in [3.05, 3.63) is 48.0 Å². The van der Waals surface area contributed by atoms with Gasteiger partial charge in [0.2, 0.25) is 0 Å². The molecule has 3 rings (SSSR count). The number of unbranched alkanes of at least 4 members (excludes halogenated alkanes) is 2. The second-order valence-electron chi connectivity index (χ2n) is 6.41. The Bertz CT molecular complexity index is 614. The number of hydrogen-bond donors (Lipinski definition) is 0. The van der Waals surface area contributed by atoms with Gasteiger partial charge in [-0.1, -0.05) is 36.4 Å². The van der Waals surface area contributed by atoms with Crippen LogP contribution in [-0.4, -0.2) is 49.9 Å². The van der Waals surface area contributed by atoms with Crippen LogP contribution in [0.1, 0.15) is 24.8 Å². The second kappa shape index (κ2) is 9.62. The van der Waals surface area contributed by atoms with E-state index in [1.54, 1.807) is 6.08 Å². The fourth-order valence-corrected chi connectivity index (χ4v) is 3.14. The second-order valence-corrected chi connectivity index (χ2v) is 6.41. The summed E-state index contributed by atoms with van der Waals surface area (Å²) in [4.78, 5) is 22.1. The van der Waals surface area contributed by atoms with Gasteiger partial charge in [-0.3, -0.25) is 0 Å². The zero-order chi connectivity index (χ0) is 18.2. The van der Waals surface area contributed by atoms with Gasteiger partial charge in [0.05, 0.1) is 19.8 Å². The number of carbonyl (C=O) groups excluding carboxylic acids is 2. The molecule has 26 heavy (non-hydrogen) atoms. The highest BCUT2D eigenvalue weighted by Crippen LogP contribution is 2.31. The molecule has 2 saturated heterocycles. The molecule has 1 aromatic rings. The van der Waals surface area contributed by atoms with Crippen LogP contribution in [0, 0.1) is 0 Å². The lowest BCUT2D eigenvalue weighted by molar-refractivity contribution is -0.147. The molecule has 0 aliphatic carbocycles. The molecular formula is C20H24O6. The number of benzene rings is 1. The van der Waals surface area contributed by atoms with Crippen molar-refractivity contribution in [1.82, 2.24) is 0 Å². The minimum absolute atomic E-state index is 0.164. The lowest BCUT2D eigenvalue weighted by atomic mass is 10.1. The topological polar surface area (TPSA) is 71.1 Å². The number of aldehydes is 1. The van der Waals surface area contributed by atoms with Crippen LogP contribution in [0.3, 0.4) is 0 Å². The number of ether oxygens (including phenoxy) is 4. The fraction of sp³-hybridized carbons (Fsp3) is 0.500. The van der Waals surface area contributed by atoms with E-state index in [1.807, 2.05) is 30.3 Å². The zero-order valence-electron chi connectivity index (χ0n) is 14.6. The third kappa shape index (κ3) is 5.00. The van der Waals surface area contributed by atoms with E-state index in [0.717, 1.165) is 18.3 Å². The summed E-state index contributed by atoms with van der Waals surface area (Å²) in [6.45, 7) is 1.23. The third-order valence-corrected chi connectivity index (χ3v) is 4.48. The number of rotatable bonds is 9. The van der Waals surface area contributed by atoms with Gasteiger partial charge in [0.15, 0.2) is 6.10 Å². The Hall–Kier alpha value is -2.02. The highest BCUT2D eigenvalue weighted by atomic mass is 16.7. The Morgan fingerprint density at radius 1 is 1.08 bits per heavy atom. The van der Waals surface area contributed by atoms with E-state index in [2.05, 4.69) is 0 Å². The third-order valence-electron chi connectivity index (χ3n) is 4.48. The smallest absolute Gasteiger partial charge is 0.330 e. The lowest BCUT2D eigenvalue weighted by Gasteiger charge is -2.17. The molecule has 0 amide bonds. The average molecular weight is 360 g/mol. The Morgan fingerprint density at radius 3 is 2.58 bits per heavy atom. The summed E-state index contributed by atoms with van der Waals surface area (Å²) in [7, 11) is 0. The highest BCUT2D eigenvalue weighted by Gasteiger charge is 2.49. The van der Waals surface area contributed by atoms with E-state index in [4.69, 9.17) is 18.9 Å². The Balaban J connectivity index is 1.43. The van der Waals surface area contributed by atoms with Crippen LogP contribution >= 0.6 is 0 Å². The van der Waals surface area contributed by atoms with Crippen molar-refractivity contribution in [2.45, 2.75) is 50.3 Å². The maximum absolute atomic E-state index is 11.9. The van der Waals surface area contributed by atoms with Crippen molar-refractivity contribution in [2.24, 2.45) is 0 Å². The molecule has 2 fully saturated rings. The monoisotopic (exact) mass is 360 g/mol. The summed E-state index contributed by atoms with van der Waals surface area (Å²) < 4.78 is 22.9. The molecule has 0 aromatic heterocycles. The largest absolute Gasteiger partial charge is 0.454 e. The summed E-state index contributed by atoms with van der Waals surface area (Å²) in [6.07, 6.45) is 4.81. The van der Waals surface area contributed by atoms with Crippen LogP contribution in [0.15, 0.2) is 42.5 Å². The van der Waals surface area contributed by atoms with Gasteiger partial charge in [-0.25, -0.2) is 4.79 Å². The predicted octanol–water partition coefficient (Wildman–Crippen LogP) is 2.21. The van der Waals surface area contributed by atoms with E-state index in [-0.39, 0.29) is 18.3 Å². The van der Waals surface area contributed by atoms with Gasteiger partial charge >= 0.3 is 5.97 Å². The minimum Gasteiger partial charge on any atom is -0.454 e. The fourth-order valence-electron chi connectivity index (χ4n) is 3.14. The first-order valence-corrected chi connectivity index (χ1v) is 8.97. The van der Waals surface area contributed by atoms with Crippen molar-refractivity contribution < 1.29 is 28.5 Å². The molecule has 1 aromatic carbocycles. The molecule has 2 heterocycles. The van der Waals surface area contributed by atoms with Gasteiger partial charge in [0.25, 0.3) is 0 Å². The normalized spacial score (nSPS) is 27.5. The molecule has 4 atom stereocenters. The summed E-state index contributed by atoms with van der Waals surface area (Å²) in [6, 6.07) is 9.93. The number of fused-ring (bicyclic) bond motifs is 1. The van der Waals surface area contributed by atoms with Gasteiger partial charge < -0.3 is 23.7 Å². The summed E-state index contributed by atoms with van der Waals surface area (Å²) in [5, 5.41) is 0. The number of allylic oxidation sites excluding steroid dienone is 1. The van der Waals surface area contributed by atoms with Crippen LogP contribution in [-0.2, 0) is 35.1 Å². The molecule has 0 bridgehead atoms. The SMILES string of the molecule is O=CCCC/C=C/C(=O)O[C@@H]1CO[C@H]2[C@@H]1OC[C@@H]2OCc1ccccc1. The average Bonchev–Trinajstić information content (AvgIpc) is 3.24. The standard InChI is InChI=1S/C20H24O6/c21-11-7-2-1-6-10-18(22)26-17-14-25-19-16(13-24-20(17)19)23-12-15-8-4-3-5-9-15/h3-6,8-11,16-17,19-20H,1-2,7,12-14H2/b10-6+/t16-,17+,19+,20+/m0/s1. The van der Waals surface area contributed by atoms with Crippen molar-refractivity contribution >= 4 is 12.3 Å². The Morgan fingerprint density at radius 2 is 1.81 bits per heavy atom. The van der Waals surface area contributed by atoms with Crippen LogP contribution in [0.2, 0.25) is 0 Å². The molecule has 140 valence electrons. The minimum atomic E-state index is -0.419. The molecular weight excluding hydrogens is 336 g/mol.